The third-order valence-corrected chi connectivity index (χ3v) is 4.37. The number of halogens is 1. The summed E-state index contributed by atoms with van der Waals surface area (Å²) in [4.78, 5) is 26.8. The summed E-state index contributed by atoms with van der Waals surface area (Å²) in [6.07, 6.45) is 0. The van der Waals surface area contributed by atoms with Crippen LogP contribution in [0.4, 0.5) is 4.79 Å². The Balaban J connectivity index is 1.68. The summed E-state index contributed by atoms with van der Waals surface area (Å²) in [5.41, 5.74) is 1.15. The van der Waals surface area contributed by atoms with Gasteiger partial charge in [0.15, 0.2) is 0 Å². The molecule has 22 heavy (non-hydrogen) atoms. The molecule has 0 radical (unpaired) electrons. The van der Waals surface area contributed by atoms with Crippen LogP contribution in [0.3, 0.4) is 0 Å². The van der Waals surface area contributed by atoms with Gasteiger partial charge in [0.2, 0.25) is 5.91 Å². The second-order valence-corrected chi connectivity index (χ2v) is 5.95. The monoisotopic (exact) mass is 322 g/mol. The van der Waals surface area contributed by atoms with E-state index in [0.717, 1.165) is 30.2 Å². The molecule has 2 N–H and O–H groups in total. The summed E-state index contributed by atoms with van der Waals surface area (Å²) in [5.74, 6) is -0.153. The van der Waals surface area contributed by atoms with Gasteiger partial charge in [-0.25, -0.2) is 4.79 Å². The number of piperazine rings is 1. The zero-order chi connectivity index (χ0) is 15.5. The van der Waals surface area contributed by atoms with E-state index in [1.807, 2.05) is 18.2 Å². The summed E-state index contributed by atoms with van der Waals surface area (Å²) < 4.78 is 0. The maximum absolute atomic E-state index is 11.6. The van der Waals surface area contributed by atoms with E-state index in [4.69, 9.17) is 11.6 Å². The molecule has 7 heteroatoms. The van der Waals surface area contributed by atoms with E-state index in [-0.39, 0.29) is 24.5 Å². The Hall–Kier alpha value is -1.63. The van der Waals surface area contributed by atoms with Gasteiger partial charge in [-0.05, 0) is 17.7 Å². The third kappa shape index (κ3) is 3.24. The number of nitrogens with zero attached hydrogens (tertiary/aromatic N) is 2. The van der Waals surface area contributed by atoms with Gasteiger partial charge in [-0.3, -0.25) is 14.6 Å². The van der Waals surface area contributed by atoms with Gasteiger partial charge in [0.1, 0.15) is 0 Å². The minimum absolute atomic E-state index is 0.109. The molecule has 2 aliphatic heterocycles. The summed E-state index contributed by atoms with van der Waals surface area (Å²) in [6.45, 7) is 3.80. The van der Waals surface area contributed by atoms with Crippen LogP contribution in [0.25, 0.3) is 0 Å². The first kappa shape index (κ1) is 15.3. The van der Waals surface area contributed by atoms with E-state index in [1.54, 1.807) is 0 Å². The Morgan fingerprint density at radius 1 is 1.27 bits per heavy atom. The highest BCUT2D eigenvalue weighted by Gasteiger charge is 2.30. The van der Waals surface area contributed by atoms with E-state index in [9.17, 15) is 9.59 Å². The number of benzene rings is 1. The third-order valence-electron chi connectivity index (χ3n) is 4.14. The Kier molecular flexibility index (Phi) is 4.61. The minimum Gasteiger partial charge on any atom is -0.329 e. The van der Waals surface area contributed by atoms with Crippen molar-refractivity contribution in [1.82, 2.24) is 20.4 Å². The quantitative estimate of drug-likeness (QED) is 0.806. The average Bonchev–Trinajstić information content (AvgIpc) is 2.84. The summed E-state index contributed by atoms with van der Waals surface area (Å²) in [6, 6.07) is 7.75. The molecular weight excluding hydrogens is 304 g/mol. The molecule has 0 aromatic heterocycles. The Bertz CT molecular complexity index is 564. The predicted octanol–water partition coefficient (Wildman–Crippen LogP) is 0.838. The van der Waals surface area contributed by atoms with E-state index in [0.29, 0.717) is 13.1 Å². The van der Waals surface area contributed by atoms with E-state index in [2.05, 4.69) is 21.6 Å². The summed E-state index contributed by atoms with van der Waals surface area (Å²) >= 11 is 6.09. The van der Waals surface area contributed by atoms with Gasteiger partial charge < -0.3 is 10.6 Å². The van der Waals surface area contributed by atoms with Gasteiger partial charge in [-0.2, -0.15) is 0 Å². The summed E-state index contributed by atoms with van der Waals surface area (Å²) in [7, 11) is 0. The van der Waals surface area contributed by atoms with Crippen molar-refractivity contribution in [2.45, 2.75) is 6.04 Å². The van der Waals surface area contributed by atoms with Crippen LogP contribution >= 0.6 is 11.6 Å². The first-order valence-electron chi connectivity index (χ1n) is 7.43. The summed E-state index contributed by atoms with van der Waals surface area (Å²) in [5, 5.41) is 6.65. The highest BCUT2D eigenvalue weighted by molar-refractivity contribution is 6.30. The lowest BCUT2D eigenvalue weighted by molar-refractivity contribution is -0.125. The fourth-order valence-corrected chi connectivity index (χ4v) is 3.17. The largest absolute Gasteiger partial charge is 0.329 e. The number of hydrogen-bond acceptors (Lipinski definition) is 4. The molecule has 1 aromatic rings. The number of urea groups is 1. The molecule has 2 fully saturated rings. The van der Waals surface area contributed by atoms with Crippen molar-refractivity contribution >= 4 is 23.5 Å². The zero-order valence-corrected chi connectivity index (χ0v) is 13.0. The number of carbonyl (C=O) groups excluding carboxylic acids is 2. The van der Waals surface area contributed by atoms with E-state index < -0.39 is 0 Å². The first-order chi connectivity index (χ1) is 10.6. The van der Waals surface area contributed by atoms with Crippen molar-refractivity contribution in [2.24, 2.45) is 0 Å². The maximum atomic E-state index is 11.6. The highest BCUT2D eigenvalue weighted by Crippen LogP contribution is 2.24. The number of amides is 3. The lowest BCUT2D eigenvalue weighted by atomic mass is 10.0. The second kappa shape index (κ2) is 6.64. The van der Waals surface area contributed by atoms with Crippen LogP contribution in [-0.2, 0) is 4.79 Å². The molecule has 0 bridgehead atoms. The fraction of sp³-hybridized carbons (Fsp3) is 0.467. The SMILES string of the molecule is O=C1CNC(=O)N1CCN1CCNCC1c1cccc(Cl)c1. The lowest BCUT2D eigenvalue weighted by Gasteiger charge is -2.37. The fourth-order valence-electron chi connectivity index (χ4n) is 2.97. The molecule has 1 unspecified atom stereocenters. The number of hydrogen-bond donors (Lipinski definition) is 2. The number of nitrogens with one attached hydrogen (secondary N) is 2. The topological polar surface area (TPSA) is 64.7 Å². The van der Waals surface area contributed by atoms with Gasteiger partial charge in [-0.1, -0.05) is 23.7 Å². The first-order valence-corrected chi connectivity index (χ1v) is 7.81. The van der Waals surface area contributed by atoms with Crippen LogP contribution in [0, 0.1) is 0 Å². The molecule has 6 nitrogen and oxygen atoms in total. The van der Waals surface area contributed by atoms with Crippen LogP contribution in [0.15, 0.2) is 24.3 Å². The second-order valence-electron chi connectivity index (χ2n) is 5.51. The Labute approximate surface area is 134 Å². The molecule has 0 saturated carbocycles. The molecule has 3 amide bonds. The van der Waals surface area contributed by atoms with Crippen LogP contribution in [0.2, 0.25) is 5.02 Å². The van der Waals surface area contributed by atoms with E-state index >= 15 is 0 Å². The maximum Gasteiger partial charge on any atom is 0.324 e. The number of rotatable bonds is 4. The van der Waals surface area contributed by atoms with Crippen LogP contribution in [-0.4, -0.2) is 61.0 Å². The smallest absolute Gasteiger partial charge is 0.324 e. The molecule has 1 atom stereocenters. The lowest BCUT2D eigenvalue weighted by Crippen LogP contribution is -2.49. The molecule has 3 rings (SSSR count). The van der Waals surface area contributed by atoms with Crippen molar-refractivity contribution in [3.63, 3.8) is 0 Å². The van der Waals surface area contributed by atoms with E-state index in [1.165, 1.54) is 4.90 Å². The minimum atomic E-state index is -0.292. The molecule has 118 valence electrons. The van der Waals surface area contributed by atoms with Gasteiger partial charge in [0.25, 0.3) is 0 Å². The number of carbonyl (C=O) groups is 2. The Morgan fingerprint density at radius 2 is 2.14 bits per heavy atom. The molecule has 0 spiro atoms. The Morgan fingerprint density at radius 3 is 2.86 bits per heavy atom. The standard InChI is InChI=1S/C15H19ClN4O2/c16-12-3-1-2-11(8-12)13-9-17-4-5-19(13)6-7-20-14(21)10-18-15(20)22/h1-3,8,13,17H,4-7,9-10H2,(H,18,22). The van der Waals surface area contributed by atoms with Gasteiger partial charge in [0, 0.05) is 43.8 Å². The molecule has 2 heterocycles. The van der Waals surface area contributed by atoms with Crippen molar-refractivity contribution < 1.29 is 9.59 Å². The molecule has 1 aromatic carbocycles. The number of imide groups is 1. The molecule has 0 aliphatic carbocycles. The molecular formula is C15H19ClN4O2. The normalized spacial score (nSPS) is 23.0. The van der Waals surface area contributed by atoms with Crippen molar-refractivity contribution in [1.29, 1.82) is 0 Å². The van der Waals surface area contributed by atoms with Crippen molar-refractivity contribution in [3.8, 4) is 0 Å². The van der Waals surface area contributed by atoms with Crippen LogP contribution < -0.4 is 10.6 Å². The highest BCUT2D eigenvalue weighted by atomic mass is 35.5. The van der Waals surface area contributed by atoms with Crippen LogP contribution in [0.5, 0.6) is 0 Å². The van der Waals surface area contributed by atoms with Gasteiger partial charge >= 0.3 is 6.03 Å². The van der Waals surface area contributed by atoms with Crippen LogP contribution in [0.1, 0.15) is 11.6 Å². The van der Waals surface area contributed by atoms with Crippen molar-refractivity contribution in [2.75, 3.05) is 39.3 Å². The average molecular weight is 323 g/mol. The van der Waals surface area contributed by atoms with Crippen molar-refractivity contribution in [3.05, 3.63) is 34.9 Å². The molecule has 2 saturated heterocycles. The predicted molar refractivity (Wildman–Crippen MR) is 83.7 cm³/mol. The van der Waals surface area contributed by atoms with Gasteiger partial charge in [0.05, 0.1) is 6.54 Å². The van der Waals surface area contributed by atoms with Gasteiger partial charge in [-0.15, -0.1) is 0 Å². The molecule has 2 aliphatic rings. The zero-order valence-electron chi connectivity index (χ0n) is 12.2.